The zero-order valence-corrected chi connectivity index (χ0v) is 9.94. The Balaban J connectivity index is 2.05. The topological polar surface area (TPSA) is 64.6 Å². The molecular weight excluding hydrogens is 242 g/mol. The first-order chi connectivity index (χ1) is 8.18. The van der Waals surface area contributed by atoms with Crippen LogP contribution in [0, 0.1) is 0 Å². The minimum absolute atomic E-state index is 0.0720. The van der Waals surface area contributed by atoms with Crippen LogP contribution in [0.5, 0.6) is 0 Å². The zero-order chi connectivity index (χ0) is 11.9. The Bertz CT molecular complexity index is 522. The molecule has 1 fully saturated rings. The van der Waals surface area contributed by atoms with Gasteiger partial charge in [-0.15, -0.1) is 0 Å². The monoisotopic (exact) mass is 255 g/mol. The van der Waals surface area contributed by atoms with E-state index in [1.54, 1.807) is 12.1 Å². The lowest BCUT2D eigenvalue weighted by molar-refractivity contribution is -0.0606. The third-order valence-electron chi connectivity index (χ3n) is 3.08. The van der Waals surface area contributed by atoms with Gasteiger partial charge in [-0.25, -0.2) is 13.1 Å². The molecule has 1 saturated heterocycles. The lowest BCUT2D eigenvalue weighted by atomic mass is 9.98. The summed E-state index contributed by atoms with van der Waals surface area (Å²) in [6.45, 7) is 1.45. The summed E-state index contributed by atoms with van der Waals surface area (Å²) in [7, 11) is -3.37. The predicted molar refractivity (Wildman–Crippen MR) is 60.1 cm³/mol. The molecule has 0 radical (unpaired) electrons. The first-order valence-corrected chi connectivity index (χ1v) is 6.98. The molecule has 0 aliphatic carbocycles. The van der Waals surface area contributed by atoms with E-state index in [-0.39, 0.29) is 12.2 Å². The summed E-state index contributed by atoms with van der Waals surface area (Å²) in [6, 6.07) is 6.99. The summed E-state index contributed by atoms with van der Waals surface area (Å²) in [5.41, 5.74) is 0.776. The molecule has 0 amide bonds. The molecule has 6 heteroatoms. The molecule has 3 rings (SSSR count). The van der Waals surface area contributed by atoms with Gasteiger partial charge in [0.1, 0.15) is 0 Å². The smallest absolute Gasteiger partial charge is 0.240 e. The summed E-state index contributed by atoms with van der Waals surface area (Å²) in [4.78, 5) is 0.329. The average Bonchev–Trinajstić information content (AvgIpc) is 2.83. The third-order valence-corrected chi connectivity index (χ3v) is 4.57. The van der Waals surface area contributed by atoms with Gasteiger partial charge in [-0.3, -0.25) is 0 Å². The van der Waals surface area contributed by atoms with E-state index in [1.165, 1.54) is 0 Å². The minimum atomic E-state index is -3.37. The Morgan fingerprint density at radius 2 is 1.88 bits per heavy atom. The highest BCUT2D eigenvalue weighted by Crippen LogP contribution is 2.33. The van der Waals surface area contributed by atoms with Gasteiger partial charge in [-0.05, 0) is 11.6 Å². The SMILES string of the molecule is O=S1(=O)NCC(C2OCCO2)c2ccccc21. The van der Waals surface area contributed by atoms with Gasteiger partial charge < -0.3 is 9.47 Å². The molecule has 92 valence electrons. The third kappa shape index (κ3) is 1.87. The summed E-state index contributed by atoms with van der Waals surface area (Å²) in [6.07, 6.45) is -0.348. The van der Waals surface area contributed by atoms with E-state index in [1.807, 2.05) is 12.1 Å². The van der Waals surface area contributed by atoms with Crippen LogP contribution in [0.3, 0.4) is 0 Å². The molecular formula is C11H13NO4S. The first-order valence-electron chi connectivity index (χ1n) is 5.50. The second-order valence-corrected chi connectivity index (χ2v) is 5.84. The van der Waals surface area contributed by atoms with Gasteiger partial charge in [0.15, 0.2) is 6.29 Å². The van der Waals surface area contributed by atoms with Crippen LogP contribution in [0.4, 0.5) is 0 Å². The van der Waals surface area contributed by atoms with Gasteiger partial charge in [-0.1, -0.05) is 18.2 Å². The highest BCUT2D eigenvalue weighted by atomic mass is 32.2. The second kappa shape index (κ2) is 4.06. The molecule has 1 N–H and O–H groups in total. The molecule has 0 spiro atoms. The van der Waals surface area contributed by atoms with Crippen molar-refractivity contribution in [2.45, 2.75) is 17.1 Å². The number of ether oxygens (including phenoxy) is 2. The van der Waals surface area contributed by atoms with E-state index >= 15 is 0 Å². The Labute approximate surface area is 99.8 Å². The van der Waals surface area contributed by atoms with Gasteiger partial charge >= 0.3 is 0 Å². The number of nitrogens with one attached hydrogen (secondary N) is 1. The van der Waals surface area contributed by atoms with Gasteiger partial charge in [0.05, 0.1) is 18.1 Å². The van der Waals surface area contributed by atoms with Crippen LogP contribution in [0.2, 0.25) is 0 Å². The molecule has 17 heavy (non-hydrogen) atoms. The number of benzene rings is 1. The maximum absolute atomic E-state index is 11.8. The Hall–Kier alpha value is -0.950. The van der Waals surface area contributed by atoms with Crippen LogP contribution in [0.1, 0.15) is 11.5 Å². The summed E-state index contributed by atoms with van der Waals surface area (Å²) >= 11 is 0. The van der Waals surface area contributed by atoms with E-state index in [0.29, 0.717) is 24.7 Å². The van der Waals surface area contributed by atoms with Gasteiger partial charge in [-0.2, -0.15) is 0 Å². The summed E-state index contributed by atoms with van der Waals surface area (Å²) in [5, 5.41) is 0. The van der Waals surface area contributed by atoms with E-state index in [2.05, 4.69) is 4.72 Å². The van der Waals surface area contributed by atoms with Crippen LogP contribution in [0.25, 0.3) is 0 Å². The van der Waals surface area contributed by atoms with E-state index in [4.69, 9.17) is 9.47 Å². The normalized spacial score (nSPS) is 27.9. The van der Waals surface area contributed by atoms with Crippen molar-refractivity contribution in [3.63, 3.8) is 0 Å². The average molecular weight is 255 g/mol. The number of sulfonamides is 1. The molecule has 2 aliphatic rings. The number of rotatable bonds is 1. The molecule has 0 bridgehead atoms. The highest BCUT2D eigenvalue weighted by molar-refractivity contribution is 7.89. The summed E-state index contributed by atoms with van der Waals surface area (Å²) in [5.74, 6) is -0.0720. The number of hydrogen-bond donors (Lipinski definition) is 1. The zero-order valence-electron chi connectivity index (χ0n) is 9.13. The first kappa shape index (κ1) is 11.2. The van der Waals surface area contributed by atoms with Crippen molar-refractivity contribution in [1.29, 1.82) is 0 Å². The van der Waals surface area contributed by atoms with Gasteiger partial charge in [0.2, 0.25) is 10.0 Å². The van der Waals surface area contributed by atoms with Gasteiger partial charge in [0, 0.05) is 12.5 Å². The van der Waals surface area contributed by atoms with Gasteiger partial charge in [0.25, 0.3) is 0 Å². The molecule has 1 aromatic carbocycles. The molecule has 1 unspecified atom stereocenters. The lowest BCUT2D eigenvalue weighted by Crippen LogP contribution is -2.39. The van der Waals surface area contributed by atoms with Crippen LogP contribution in [-0.2, 0) is 19.5 Å². The van der Waals surface area contributed by atoms with Crippen molar-refractivity contribution < 1.29 is 17.9 Å². The van der Waals surface area contributed by atoms with E-state index < -0.39 is 10.0 Å². The van der Waals surface area contributed by atoms with Crippen LogP contribution < -0.4 is 4.72 Å². The second-order valence-electron chi connectivity index (χ2n) is 4.11. The largest absolute Gasteiger partial charge is 0.350 e. The Morgan fingerprint density at radius 1 is 1.18 bits per heavy atom. The fourth-order valence-corrected chi connectivity index (χ4v) is 3.61. The molecule has 2 heterocycles. The van der Waals surface area contributed by atoms with Crippen LogP contribution >= 0.6 is 0 Å². The van der Waals surface area contributed by atoms with Crippen LogP contribution in [-0.4, -0.2) is 34.5 Å². The standard InChI is InChI=1S/C11H13NO4S/c13-17(14)10-4-2-1-3-8(10)9(7-12-17)11-15-5-6-16-11/h1-4,9,11-12H,5-7H2. The fourth-order valence-electron chi connectivity index (χ4n) is 2.27. The lowest BCUT2D eigenvalue weighted by Gasteiger charge is -2.29. The molecule has 0 saturated carbocycles. The summed E-state index contributed by atoms with van der Waals surface area (Å²) < 4.78 is 37.2. The Kier molecular flexibility index (Phi) is 2.67. The van der Waals surface area contributed by atoms with E-state index in [9.17, 15) is 8.42 Å². The predicted octanol–water partition coefficient (Wildman–Crippen LogP) is 0.435. The molecule has 5 nitrogen and oxygen atoms in total. The molecule has 1 aromatic rings. The van der Waals surface area contributed by atoms with Crippen molar-refractivity contribution in [3.05, 3.63) is 29.8 Å². The van der Waals surface area contributed by atoms with Crippen molar-refractivity contribution in [2.24, 2.45) is 0 Å². The minimum Gasteiger partial charge on any atom is -0.350 e. The van der Waals surface area contributed by atoms with Crippen molar-refractivity contribution in [2.75, 3.05) is 19.8 Å². The number of hydrogen-bond acceptors (Lipinski definition) is 4. The maximum Gasteiger partial charge on any atom is 0.240 e. The van der Waals surface area contributed by atoms with E-state index in [0.717, 1.165) is 5.56 Å². The quantitative estimate of drug-likeness (QED) is 0.790. The molecule has 1 atom stereocenters. The Morgan fingerprint density at radius 3 is 2.65 bits per heavy atom. The van der Waals surface area contributed by atoms with Crippen LogP contribution in [0.15, 0.2) is 29.2 Å². The molecule has 2 aliphatic heterocycles. The fraction of sp³-hybridized carbons (Fsp3) is 0.455. The maximum atomic E-state index is 11.8. The molecule has 0 aromatic heterocycles. The van der Waals surface area contributed by atoms with Crippen molar-refractivity contribution in [3.8, 4) is 0 Å². The van der Waals surface area contributed by atoms with Crippen molar-refractivity contribution in [1.82, 2.24) is 4.72 Å². The van der Waals surface area contributed by atoms with Crippen molar-refractivity contribution >= 4 is 10.0 Å². The highest BCUT2D eigenvalue weighted by Gasteiger charge is 2.36. The number of fused-ring (bicyclic) bond motifs is 1.